The van der Waals surface area contributed by atoms with Gasteiger partial charge < -0.3 is 20.0 Å². The van der Waals surface area contributed by atoms with E-state index in [0.29, 0.717) is 39.6 Å². The zero-order chi connectivity index (χ0) is 17.4. The second-order valence-electron chi connectivity index (χ2n) is 5.41. The lowest BCUT2D eigenvalue weighted by molar-refractivity contribution is 0.102. The summed E-state index contributed by atoms with van der Waals surface area (Å²) < 4.78 is 10.6. The summed E-state index contributed by atoms with van der Waals surface area (Å²) in [4.78, 5) is 21.1. The van der Waals surface area contributed by atoms with Crippen LogP contribution < -0.4 is 11.1 Å². The third-order valence-electron chi connectivity index (χ3n) is 3.68. The molecule has 4 rings (SSSR count). The van der Waals surface area contributed by atoms with Gasteiger partial charge in [-0.2, -0.15) is 0 Å². The molecular formula is C17H13N5O3. The molecule has 0 atom stereocenters. The normalized spacial score (nSPS) is 10.9. The number of pyridine rings is 2. The SMILES string of the molecule is Cc1noc2nc(-c3ccco3)cc(C(=O)Nc3ccc(N)nc3)c12. The van der Waals surface area contributed by atoms with E-state index < -0.39 is 0 Å². The van der Waals surface area contributed by atoms with Crippen LogP contribution in [-0.4, -0.2) is 21.0 Å². The monoisotopic (exact) mass is 335 g/mol. The Morgan fingerprint density at radius 1 is 1.28 bits per heavy atom. The van der Waals surface area contributed by atoms with Gasteiger partial charge in [-0.15, -0.1) is 0 Å². The van der Waals surface area contributed by atoms with Crippen LogP contribution in [0.2, 0.25) is 0 Å². The molecule has 0 aliphatic carbocycles. The number of aryl methyl sites for hydroxylation is 1. The Kier molecular flexibility index (Phi) is 3.42. The molecule has 0 aliphatic heterocycles. The fourth-order valence-corrected chi connectivity index (χ4v) is 2.50. The lowest BCUT2D eigenvalue weighted by atomic mass is 10.1. The number of nitrogens with two attached hydrogens (primary N) is 1. The average Bonchev–Trinajstić information content (AvgIpc) is 3.26. The van der Waals surface area contributed by atoms with Crippen LogP contribution in [0.3, 0.4) is 0 Å². The van der Waals surface area contributed by atoms with Gasteiger partial charge in [0.25, 0.3) is 11.6 Å². The quantitative estimate of drug-likeness (QED) is 0.590. The minimum Gasteiger partial charge on any atom is -0.463 e. The van der Waals surface area contributed by atoms with Crippen molar-refractivity contribution < 1.29 is 13.7 Å². The van der Waals surface area contributed by atoms with Gasteiger partial charge >= 0.3 is 0 Å². The Hall–Kier alpha value is -3.68. The predicted molar refractivity (Wildman–Crippen MR) is 90.8 cm³/mol. The van der Waals surface area contributed by atoms with Crippen LogP contribution in [0.1, 0.15) is 16.1 Å². The van der Waals surface area contributed by atoms with Gasteiger partial charge in [0, 0.05) is 0 Å². The number of nitrogens with zero attached hydrogens (tertiary/aromatic N) is 3. The van der Waals surface area contributed by atoms with Crippen LogP contribution >= 0.6 is 0 Å². The van der Waals surface area contributed by atoms with Crippen molar-refractivity contribution in [3.05, 3.63) is 54.0 Å². The maximum Gasteiger partial charge on any atom is 0.259 e. The first-order valence-corrected chi connectivity index (χ1v) is 7.45. The first-order valence-electron chi connectivity index (χ1n) is 7.45. The van der Waals surface area contributed by atoms with E-state index in [2.05, 4.69) is 20.4 Å². The Balaban J connectivity index is 1.80. The largest absolute Gasteiger partial charge is 0.463 e. The van der Waals surface area contributed by atoms with Crippen LogP contribution in [0, 0.1) is 6.92 Å². The second-order valence-corrected chi connectivity index (χ2v) is 5.41. The van der Waals surface area contributed by atoms with E-state index in [1.54, 1.807) is 37.3 Å². The van der Waals surface area contributed by atoms with Gasteiger partial charge in [0.05, 0.1) is 34.8 Å². The minimum atomic E-state index is -0.335. The number of carbonyl (C=O) groups is 1. The summed E-state index contributed by atoms with van der Waals surface area (Å²) in [6.07, 6.45) is 3.02. The number of nitrogen functional groups attached to an aromatic ring is 1. The number of rotatable bonds is 3. The van der Waals surface area contributed by atoms with E-state index in [-0.39, 0.29) is 11.6 Å². The molecule has 8 nitrogen and oxygen atoms in total. The Morgan fingerprint density at radius 2 is 2.16 bits per heavy atom. The van der Waals surface area contributed by atoms with Crippen molar-refractivity contribution >= 4 is 28.5 Å². The number of hydrogen-bond acceptors (Lipinski definition) is 7. The lowest BCUT2D eigenvalue weighted by Gasteiger charge is -2.07. The maximum absolute atomic E-state index is 12.8. The second kappa shape index (κ2) is 5.75. The highest BCUT2D eigenvalue weighted by Gasteiger charge is 2.20. The lowest BCUT2D eigenvalue weighted by Crippen LogP contribution is -2.13. The highest BCUT2D eigenvalue weighted by atomic mass is 16.5. The van der Waals surface area contributed by atoms with Crippen molar-refractivity contribution in [2.75, 3.05) is 11.1 Å². The molecule has 1 amide bonds. The van der Waals surface area contributed by atoms with Crippen molar-refractivity contribution in [3.8, 4) is 11.5 Å². The third kappa shape index (κ3) is 2.69. The van der Waals surface area contributed by atoms with Crippen LogP contribution in [0.4, 0.5) is 11.5 Å². The number of fused-ring (bicyclic) bond motifs is 1. The van der Waals surface area contributed by atoms with E-state index in [1.165, 1.54) is 12.5 Å². The number of furan rings is 1. The first-order chi connectivity index (χ1) is 12.1. The average molecular weight is 335 g/mol. The number of aromatic nitrogens is 3. The number of carbonyl (C=O) groups excluding carboxylic acids is 1. The highest BCUT2D eigenvalue weighted by molar-refractivity contribution is 6.12. The maximum atomic E-state index is 12.8. The van der Waals surface area contributed by atoms with Gasteiger partial charge in [0.15, 0.2) is 5.76 Å². The van der Waals surface area contributed by atoms with Crippen molar-refractivity contribution in [2.45, 2.75) is 6.92 Å². The van der Waals surface area contributed by atoms with Crippen molar-refractivity contribution in [1.29, 1.82) is 0 Å². The van der Waals surface area contributed by atoms with Crippen molar-refractivity contribution in [3.63, 3.8) is 0 Å². The molecule has 0 unspecified atom stereocenters. The van der Waals surface area contributed by atoms with Gasteiger partial charge in [-0.25, -0.2) is 9.97 Å². The molecule has 0 saturated carbocycles. The minimum absolute atomic E-state index is 0.270. The van der Waals surface area contributed by atoms with Gasteiger partial charge in [-0.1, -0.05) is 5.16 Å². The van der Waals surface area contributed by atoms with E-state index >= 15 is 0 Å². The Bertz CT molecular complexity index is 1050. The van der Waals surface area contributed by atoms with E-state index in [4.69, 9.17) is 14.7 Å². The third-order valence-corrected chi connectivity index (χ3v) is 3.68. The number of nitrogens with one attached hydrogen (secondary N) is 1. The highest BCUT2D eigenvalue weighted by Crippen LogP contribution is 2.27. The van der Waals surface area contributed by atoms with Crippen molar-refractivity contribution in [2.24, 2.45) is 0 Å². The molecule has 25 heavy (non-hydrogen) atoms. The molecule has 0 fully saturated rings. The van der Waals surface area contributed by atoms with Crippen LogP contribution in [-0.2, 0) is 0 Å². The molecule has 8 heteroatoms. The molecular weight excluding hydrogens is 322 g/mol. The first kappa shape index (κ1) is 14.9. The molecule has 4 aromatic rings. The van der Waals surface area contributed by atoms with Crippen molar-refractivity contribution in [1.82, 2.24) is 15.1 Å². The smallest absolute Gasteiger partial charge is 0.259 e. The fourth-order valence-electron chi connectivity index (χ4n) is 2.50. The topological polar surface area (TPSA) is 120 Å². The van der Waals surface area contributed by atoms with Gasteiger partial charge in [0.1, 0.15) is 11.5 Å². The molecule has 0 bridgehead atoms. The molecule has 124 valence electrons. The predicted octanol–water partition coefficient (Wildman–Crippen LogP) is 3.02. The van der Waals surface area contributed by atoms with Gasteiger partial charge in [-0.3, -0.25) is 4.79 Å². The summed E-state index contributed by atoms with van der Waals surface area (Å²) >= 11 is 0. The zero-order valence-corrected chi connectivity index (χ0v) is 13.2. The standard InChI is InChI=1S/C17H13N5O3/c1-9-15-11(16(23)20-10-4-5-14(18)19-8-10)7-12(13-3-2-6-24-13)21-17(15)25-22-9/h2-8H,1H3,(H2,18,19)(H,20,23). The summed E-state index contributed by atoms with van der Waals surface area (Å²) in [5.41, 5.74) is 7.80. The summed E-state index contributed by atoms with van der Waals surface area (Å²) in [6, 6.07) is 8.42. The van der Waals surface area contributed by atoms with E-state index in [0.717, 1.165) is 0 Å². The van der Waals surface area contributed by atoms with Gasteiger partial charge in [-0.05, 0) is 37.3 Å². The van der Waals surface area contributed by atoms with Crippen LogP contribution in [0.15, 0.2) is 51.7 Å². The zero-order valence-electron chi connectivity index (χ0n) is 13.2. The van der Waals surface area contributed by atoms with Gasteiger partial charge in [0.2, 0.25) is 0 Å². The molecule has 0 saturated heterocycles. The molecule has 4 aromatic heterocycles. The van der Waals surface area contributed by atoms with E-state index in [9.17, 15) is 4.79 Å². The Labute approximate surface area is 141 Å². The molecule has 0 aliphatic rings. The van der Waals surface area contributed by atoms with Crippen LogP contribution in [0.5, 0.6) is 0 Å². The molecule has 3 N–H and O–H groups in total. The molecule has 0 radical (unpaired) electrons. The fraction of sp³-hybridized carbons (Fsp3) is 0.0588. The van der Waals surface area contributed by atoms with E-state index in [1.807, 2.05) is 0 Å². The summed E-state index contributed by atoms with van der Waals surface area (Å²) in [5.74, 6) is 0.566. The summed E-state index contributed by atoms with van der Waals surface area (Å²) in [6.45, 7) is 1.75. The number of anilines is 2. The Morgan fingerprint density at radius 3 is 2.88 bits per heavy atom. The molecule has 0 aromatic carbocycles. The number of amides is 1. The number of hydrogen-bond donors (Lipinski definition) is 2. The van der Waals surface area contributed by atoms with Crippen LogP contribution in [0.25, 0.3) is 22.6 Å². The molecule has 4 heterocycles. The summed E-state index contributed by atoms with van der Waals surface area (Å²) in [5, 5.41) is 7.24. The molecule has 0 spiro atoms. The summed E-state index contributed by atoms with van der Waals surface area (Å²) in [7, 11) is 0.